The van der Waals surface area contributed by atoms with E-state index in [1.54, 1.807) is 0 Å². The minimum absolute atomic E-state index is 0.268. The molecule has 9 rings (SSSR count). The second-order valence-corrected chi connectivity index (χ2v) is 12.4. The maximum atomic E-state index is 6.54. The number of furan rings is 1. The van der Waals surface area contributed by atoms with Crippen LogP contribution in [0.1, 0.15) is 42.7 Å². The van der Waals surface area contributed by atoms with Crippen LogP contribution in [0.4, 0.5) is 5.69 Å². The van der Waals surface area contributed by atoms with Crippen LogP contribution in [0.15, 0.2) is 155 Å². The van der Waals surface area contributed by atoms with E-state index in [4.69, 9.17) is 9.15 Å². The molecule has 3 nitrogen and oxygen atoms in total. The van der Waals surface area contributed by atoms with E-state index in [2.05, 4.69) is 127 Å². The van der Waals surface area contributed by atoms with Crippen molar-refractivity contribution in [2.75, 3.05) is 5.32 Å². The minimum atomic E-state index is 0.268. The van der Waals surface area contributed by atoms with Gasteiger partial charge in [-0.1, -0.05) is 103 Å². The summed E-state index contributed by atoms with van der Waals surface area (Å²) >= 11 is 0. The summed E-state index contributed by atoms with van der Waals surface area (Å²) in [6.07, 6.45) is 22.3. The predicted octanol–water partition coefficient (Wildman–Crippen LogP) is 11.0. The van der Waals surface area contributed by atoms with Gasteiger partial charge < -0.3 is 14.5 Å². The first-order chi connectivity index (χ1) is 22.3. The Bertz CT molecular complexity index is 2180. The highest BCUT2D eigenvalue weighted by Crippen LogP contribution is 2.48. The molecule has 3 heteroatoms. The van der Waals surface area contributed by atoms with Crippen molar-refractivity contribution in [3.63, 3.8) is 0 Å². The topological polar surface area (TPSA) is 34.4 Å². The maximum absolute atomic E-state index is 6.54. The van der Waals surface area contributed by atoms with E-state index < -0.39 is 0 Å². The molecule has 0 saturated carbocycles. The molecule has 0 spiro atoms. The Morgan fingerprint density at radius 2 is 1.69 bits per heavy atom. The quantitative estimate of drug-likeness (QED) is 0.223. The third kappa shape index (κ3) is 4.67. The van der Waals surface area contributed by atoms with Gasteiger partial charge in [0.05, 0.1) is 0 Å². The molecule has 218 valence electrons. The summed E-state index contributed by atoms with van der Waals surface area (Å²) in [6, 6.07) is 30.4. The van der Waals surface area contributed by atoms with E-state index in [1.807, 2.05) is 12.1 Å². The first kappa shape index (κ1) is 26.2. The highest BCUT2D eigenvalue weighted by Gasteiger charge is 2.32. The van der Waals surface area contributed by atoms with Crippen molar-refractivity contribution in [2.45, 2.75) is 37.6 Å². The Morgan fingerprint density at radius 1 is 0.778 bits per heavy atom. The summed E-state index contributed by atoms with van der Waals surface area (Å²) in [5, 5.41) is 6.02. The Labute approximate surface area is 263 Å². The van der Waals surface area contributed by atoms with Crippen LogP contribution in [0.3, 0.4) is 0 Å². The lowest BCUT2D eigenvalue weighted by atomic mass is 9.86. The normalized spacial score (nSPS) is 20.2. The molecule has 0 bridgehead atoms. The lowest BCUT2D eigenvalue weighted by molar-refractivity contribution is 0.424. The number of anilines is 1. The van der Waals surface area contributed by atoms with Crippen LogP contribution >= 0.6 is 0 Å². The van der Waals surface area contributed by atoms with Crippen molar-refractivity contribution in [1.29, 1.82) is 0 Å². The summed E-state index contributed by atoms with van der Waals surface area (Å²) in [6.45, 7) is 0. The molecule has 4 aliphatic rings. The Hall–Kier alpha value is -5.28. The van der Waals surface area contributed by atoms with Crippen LogP contribution in [0.5, 0.6) is 5.75 Å². The van der Waals surface area contributed by atoms with E-state index in [0.717, 1.165) is 70.3 Å². The molecule has 0 radical (unpaired) electrons. The SMILES string of the molecule is C1=CCCC(c2cccc(NC3C=CC(C4=CCC5C(=C4)Oc4cc(-c6cccc7c6oc6ccccc67)ccc45)=CC3)c2)=C1. The molecule has 2 heterocycles. The largest absolute Gasteiger partial charge is 0.461 e. The highest BCUT2D eigenvalue weighted by molar-refractivity contribution is 6.09. The second-order valence-electron chi connectivity index (χ2n) is 12.4. The monoisotopic (exact) mass is 583 g/mol. The van der Waals surface area contributed by atoms with Gasteiger partial charge in [-0.15, -0.1) is 0 Å². The fourth-order valence-corrected chi connectivity index (χ4v) is 7.24. The molecule has 1 aliphatic heterocycles. The average molecular weight is 584 g/mol. The molecule has 1 N–H and O–H groups in total. The van der Waals surface area contributed by atoms with Crippen molar-refractivity contribution < 1.29 is 9.15 Å². The van der Waals surface area contributed by atoms with E-state index >= 15 is 0 Å². The van der Waals surface area contributed by atoms with Crippen LogP contribution in [-0.2, 0) is 0 Å². The number of allylic oxidation sites excluding steroid dienone is 10. The molecule has 45 heavy (non-hydrogen) atoms. The predicted molar refractivity (Wildman–Crippen MR) is 185 cm³/mol. The van der Waals surface area contributed by atoms with Crippen LogP contribution in [0, 0.1) is 0 Å². The lowest BCUT2D eigenvalue weighted by Crippen LogP contribution is -2.18. The summed E-state index contributed by atoms with van der Waals surface area (Å²) in [5.41, 5.74) is 11.7. The molecule has 2 atom stereocenters. The Morgan fingerprint density at radius 3 is 2.60 bits per heavy atom. The molecule has 0 amide bonds. The fraction of sp³-hybridized carbons (Fsp3) is 0.143. The number of hydrogen-bond acceptors (Lipinski definition) is 3. The van der Waals surface area contributed by atoms with Gasteiger partial charge in [0.1, 0.15) is 22.7 Å². The third-order valence-corrected chi connectivity index (χ3v) is 9.58. The van der Waals surface area contributed by atoms with Gasteiger partial charge in [-0.05, 0) is 83.9 Å². The Kier molecular flexibility index (Phi) is 6.22. The van der Waals surface area contributed by atoms with Gasteiger partial charge >= 0.3 is 0 Å². The van der Waals surface area contributed by atoms with Gasteiger partial charge in [0.25, 0.3) is 0 Å². The number of ether oxygens (including phenoxy) is 1. The van der Waals surface area contributed by atoms with E-state index in [-0.39, 0.29) is 12.0 Å². The third-order valence-electron chi connectivity index (χ3n) is 9.58. The molecule has 3 aliphatic carbocycles. The van der Waals surface area contributed by atoms with Gasteiger partial charge in [-0.3, -0.25) is 0 Å². The van der Waals surface area contributed by atoms with Gasteiger partial charge in [-0.25, -0.2) is 0 Å². The van der Waals surface area contributed by atoms with Crippen molar-refractivity contribution in [1.82, 2.24) is 0 Å². The zero-order chi connectivity index (χ0) is 29.7. The number of benzene rings is 4. The Balaban J connectivity index is 0.914. The molecule has 1 aromatic heterocycles. The first-order valence-electron chi connectivity index (χ1n) is 16.0. The molecular formula is C42H33NO2. The van der Waals surface area contributed by atoms with Gasteiger partial charge in [0.2, 0.25) is 0 Å². The van der Waals surface area contributed by atoms with Crippen LogP contribution < -0.4 is 10.1 Å². The molecular weight excluding hydrogens is 550 g/mol. The van der Waals surface area contributed by atoms with E-state index in [0.29, 0.717) is 0 Å². The zero-order valence-electron chi connectivity index (χ0n) is 25.0. The smallest absolute Gasteiger partial charge is 0.143 e. The molecule has 5 aromatic rings. The van der Waals surface area contributed by atoms with Crippen LogP contribution in [0.2, 0.25) is 0 Å². The second kappa shape index (κ2) is 10.7. The van der Waals surface area contributed by atoms with Gasteiger partial charge in [-0.2, -0.15) is 0 Å². The highest BCUT2D eigenvalue weighted by atomic mass is 16.5. The summed E-state index contributed by atoms with van der Waals surface area (Å²) in [5.74, 6) is 2.26. The van der Waals surface area contributed by atoms with Crippen molar-refractivity contribution in [3.8, 4) is 16.9 Å². The zero-order valence-corrected chi connectivity index (χ0v) is 25.0. The van der Waals surface area contributed by atoms with Crippen molar-refractivity contribution >= 4 is 33.2 Å². The van der Waals surface area contributed by atoms with Crippen LogP contribution in [0.25, 0.3) is 38.6 Å². The number of hydrogen-bond donors (Lipinski definition) is 1. The fourth-order valence-electron chi connectivity index (χ4n) is 7.24. The molecule has 0 fully saturated rings. The minimum Gasteiger partial charge on any atom is -0.461 e. The molecule has 0 saturated heterocycles. The first-order valence-corrected chi connectivity index (χ1v) is 16.0. The van der Waals surface area contributed by atoms with E-state index in [9.17, 15) is 0 Å². The van der Waals surface area contributed by atoms with Gasteiger partial charge in [0.15, 0.2) is 0 Å². The molecule has 4 aromatic carbocycles. The van der Waals surface area contributed by atoms with Crippen molar-refractivity contribution in [3.05, 3.63) is 162 Å². The number of nitrogens with one attached hydrogen (secondary N) is 1. The summed E-state index contributed by atoms with van der Waals surface area (Å²) in [4.78, 5) is 0. The number of fused-ring (bicyclic) bond motifs is 6. The molecule has 2 unspecified atom stereocenters. The van der Waals surface area contributed by atoms with Crippen molar-refractivity contribution in [2.24, 2.45) is 0 Å². The maximum Gasteiger partial charge on any atom is 0.143 e. The standard InChI is InChI=1S/C42H33NO2/c1-2-8-27(9-3-1)29-10-6-11-33(24-29)43-32-20-16-28(17-21-32)30-18-22-36-37-23-19-31(26-41(37)44-40(36)25-30)34-13-7-14-38-35-12-4-5-15-39(35)45-42(34)38/h1-2,4-8,10-20,23-26,32,36,43H,3,9,21-22H2. The van der Waals surface area contributed by atoms with Gasteiger partial charge in [0, 0.05) is 39.5 Å². The van der Waals surface area contributed by atoms with E-state index in [1.165, 1.54) is 33.5 Å². The van der Waals surface area contributed by atoms with Crippen LogP contribution in [-0.4, -0.2) is 6.04 Å². The summed E-state index contributed by atoms with van der Waals surface area (Å²) in [7, 11) is 0. The number of para-hydroxylation sites is 2. The number of rotatable bonds is 5. The lowest BCUT2D eigenvalue weighted by Gasteiger charge is -2.22. The average Bonchev–Trinajstić information content (AvgIpc) is 3.67. The summed E-state index contributed by atoms with van der Waals surface area (Å²) < 4.78 is 12.9.